The van der Waals surface area contributed by atoms with E-state index < -0.39 is 11.9 Å². The summed E-state index contributed by atoms with van der Waals surface area (Å²) in [5, 5.41) is 6.35. The van der Waals surface area contributed by atoms with E-state index >= 15 is 0 Å². The molecule has 17 heavy (non-hydrogen) atoms. The summed E-state index contributed by atoms with van der Waals surface area (Å²) < 4.78 is 43.7. The molecule has 7 heteroatoms. The minimum Gasteiger partial charge on any atom is -0.385 e. The Bertz CT molecular complexity index is 349. The molecule has 0 aliphatic carbocycles. The molecular weight excluding hydrogens is 235 g/mol. The lowest BCUT2D eigenvalue weighted by Crippen LogP contribution is -2.18. The SMILES string of the molecule is COCCCNCc1cn(C)nc1C(F)(F)F. The molecule has 0 saturated heterocycles. The van der Waals surface area contributed by atoms with Gasteiger partial charge in [0, 0.05) is 39.1 Å². The Labute approximate surface area is 97.8 Å². The molecule has 0 bridgehead atoms. The lowest BCUT2D eigenvalue weighted by molar-refractivity contribution is -0.142. The zero-order valence-corrected chi connectivity index (χ0v) is 9.84. The van der Waals surface area contributed by atoms with Gasteiger partial charge in [-0.1, -0.05) is 0 Å². The van der Waals surface area contributed by atoms with Gasteiger partial charge < -0.3 is 10.1 Å². The predicted molar refractivity (Wildman–Crippen MR) is 56.4 cm³/mol. The maximum absolute atomic E-state index is 12.6. The summed E-state index contributed by atoms with van der Waals surface area (Å²) in [6.07, 6.45) is -2.25. The van der Waals surface area contributed by atoms with Crippen LogP contribution in [0.2, 0.25) is 0 Å². The van der Waals surface area contributed by atoms with Crippen molar-refractivity contribution in [1.29, 1.82) is 0 Å². The molecule has 0 unspecified atom stereocenters. The largest absolute Gasteiger partial charge is 0.435 e. The second-order valence-electron chi connectivity index (χ2n) is 3.70. The number of ether oxygens (including phenoxy) is 1. The first-order valence-corrected chi connectivity index (χ1v) is 5.24. The Morgan fingerprint density at radius 2 is 2.18 bits per heavy atom. The van der Waals surface area contributed by atoms with Gasteiger partial charge in [-0.2, -0.15) is 18.3 Å². The first-order valence-electron chi connectivity index (χ1n) is 5.24. The Balaban J connectivity index is 2.53. The molecule has 0 aromatic carbocycles. The average Bonchev–Trinajstić information content (AvgIpc) is 2.59. The van der Waals surface area contributed by atoms with Crippen LogP contribution in [0.3, 0.4) is 0 Å². The van der Waals surface area contributed by atoms with Gasteiger partial charge in [-0.15, -0.1) is 0 Å². The highest BCUT2D eigenvalue weighted by Crippen LogP contribution is 2.30. The zero-order valence-electron chi connectivity index (χ0n) is 9.84. The molecule has 1 aromatic heterocycles. The van der Waals surface area contributed by atoms with Crippen LogP contribution in [-0.4, -0.2) is 30.0 Å². The quantitative estimate of drug-likeness (QED) is 0.780. The van der Waals surface area contributed by atoms with E-state index in [-0.39, 0.29) is 12.1 Å². The number of aryl methyl sites for hydroxylation is 1. The summed E-state index contributed by atoms with van der Waals surface area (Å²) in [5.74, 6) is 0. The monoisotopic (exact) mass is 251 g/mol. The topological polar surface area (TPSA) is 39.1 Å². The first kappa shape index (κ1) is 14.0. The lowest BCUT2D eigenvalue weighted by Gasteiger charge is -2.07. The van der Waals surface area contributed by atoms with E-state index in [1.807, 2.05) is 0 Å². The second-order valence-corrected chi connectivity index (χ2v) is 3.70. The van der Waals surface area contributed by atoms with Gasteiger partial charge in [-0.25, -0.2) is 0 Å². The predicted octanol–water partition coefficient (Wildman–Crippen LogP) is 1.56. The van der Waals surface area contributed by atoms with Crippen molar-refractivity contribution in [1.82, 2.24) is 15.1 Å². The van der Waals surface area contributed by atoms with E-state index in [1.54, 1.807) is 7.11 Å². The van der Waals surface area contributed by atoms with Crippen LogP contribution in [0.4, 0.5) is 13.2 Å². The molecule has 1 rings (SSSR count). The number of rotatable bonds is 6. The highest BCUT2D eigenvalue weighted by Gasteiger charge is 2.36. The molecule has 1 heterocycles. The number of hydrogen-bond donors (Lipinski definition) is 1. The molecule has 0 aliphatic rings. The first-order chi connectivity index (χ1) is 7.95. The molecule has 98 valence electrons. The van der Waals surface area contributed by atoms with Crippen molar-refractivity contribution in [3.05, 3.63) is 17.5 Å². The Kier molecular flexibility index (Phi) is 4.95. The minimum atomic E-state index is -4.40. The average molecular weight is 251 g/mol. The normalized spacial score (nSPS) is 12.1. The van der Waals surface area contributed by atoms with Crippen LogP contribution >= 0.6 is 0 Å². The Hall–Kier alpha value is -1.08. The van der Waals surface area contributed by atoms with Crippen LogP contribution in [0.5, 0.6) is 0 Å². The van der Waals surface area contributed by atoms with Gasteiger partial charge in [0.2, 0.25) is 0 Å². The van der Waals surface area contributed by atoms with Gasteiger partial charge in [0.05, 0.1) is 0 Å². The summed E-state index contributed by atoms with van der Waals surface area (Å²) in [6, 6.07) is 0. The Morgan fingerprint density at radius 1 is 1.47 bits per heavy atom. The summed E-state index contributed by atoms with van der Waals surface area (Å²) in [6.45, 7) is 1.36. The smallest absolute Gasteiger partial charge is 0.385 e. The fourth-order valence-corrected chi connectivity index (χ4v) is 1.47. The third kappa shape index (κ3) is 4.35. The lowest BCUT2D eigenvalue weighted by atomic mass is 10.2. The number of aromatic nitrogens is 2. The fraction of sp³-hybridized carbons (Fsp3) is 0.700. The van der Waals surface area contributed by atoms with Crippen LogP contribution in [-0.2, 0) is 24.5 Å². The second kappa shape index (κ2) is 6.02. The van der Waals surface area contributed by atoms with Crippen molar-refractivity contribution in [2.45, 2.75) is 19.1 Å². The third-order valence-electron chi connectivity index (χ3n) is 2.19. The number of nitrogens with zero attached hydrogens (tertiary/aromatic N) is 2. The number of methoxy groups -OCH3 is 1. The molecule has 0 amide bonds. The van der Waals surface area contributed by atoms with Crippen molar-refractivity contribution < 1.29 is 17.9 Å². The van der Waals surface area contributed by atoms with E-state index in [2.05, 4.69) is 10.4 Å². The van der Waals surface area contributed by atoms with E-state index in [9.17, 15) is 13.2 Å². The fourth-order valence-electron chi connectivity index (χ4n) is 1.47. The molecule has 0 fully saturated rings. The van der Waals surface area contributed by atoms with Gasteiger partial charge in [0.15, 0.2) is 5.69 Å². The summed E-state index contributed by atoms with van der Waals surface area (Å²) in [7, 11) is 3.06. The number of halogens is 3. The van der Waals surface area contributed by atoms with E-state index in [1.165, 1.54) is 17.9 Å². The number of hydrogen-bond acceptors (Lipinski definition) is 3. The molecule has 0 spiro atoms. The molecule has 0 radical (unpaired) electrons. The minimum absolute atomic E-state index is 0.159. The van der Waals surface area contributed by atoms with Crippen LogP contribution in [0.25, 0.3) is 0 Å². The van der Waals surface area contributed by atoms with E-state index in [4.69, 9.17) is 4.74 Å². The highest BCUT2D eigenvalue weighted by atomic mass is 19.4. The van der Waals surface area contributed by atoms with Crippen molar-refractivity contribution in [2.75, 3.05) is 20.3 Å². The van der Waals surface area contributed by atoms with Crippen molar-refractivity contribution in [3.8, 4) is 0 Å². The van der Waals surface area contributed by atoms with Gasteiger partial charge in [-0.05, 0) is 13.0 Å². The zero-order chi connectivity index (χ0) is 12.9. The van der Waals surface area contributed by atoms with Crippen LogP contribution in [0, 0.1) is 0 Å². The van der Waals surface area contributed by atoms with Crippen molar-refractivity contribution in [2.24, 2.45) is 7.05 Å². The maximum atomic E-state index is 12.6. The van der Waals surface area contributed by atoms with Crippen LogP contribution in [0.1, 0.15) is 17.7 Å². The molecule has 0 saturated carbocycles. The number of nitrogens with one attached hydrogen (secondary N) is 1. The van der Waals surface area contributed by atoms with Gasteiger partial charge in [0.1, 0.15) is 0 Å². The van der Waals surface area contributed by atoms with Gasteiger partial charge >= 0.3 is 6.18 Å². The highest BCUT2D eigenvalue weighted by molar-refractivity contribution is 5.19. The standard InChI is InChI=1S/C10H16F3N3O/c1-16-7-8(6-14-4-3-5-17-2)9(15-16)10(11,12)13/h7,14H,3-6H2,1-2H3. The summed E-state index contributed by atoms with van der Waals surface area (Å²) in [4.78, 5) is 0. The molecular formula is C10H16F3N3O. The Morgan fingerprint density at radius 3 is 2.76 bits per heavy atom. The number of alkyl halides is 3. The molecule has 0 aliphatic heterocycles. The summed E-state index contributed by atoms with van der Waals surface area (Å²) in [5.41, 5.74) is -0.656. The molecule has 1 aromatic rings. The molecule has 0 atom stereocenters. The van der Waals surface area contributed by atoms with Crippen LogP contribution in [0.15, 0.2) is 6.20 Å². The molecule has 4 nitrogen and oxygen atoms in total. The van der Waals surface area contributed by atoms with Crippen molar-refractivity contribution >= 4 is 0 Å². The van der Waals surface area contributed by atoms with Crippen LogP contribution < -0.4 is 5.32 Å². The third-order valence-corrected chi connectivity index (χ3v) is 2.19. The van der Waals surface area contributed by atoms with Gasteiger partial charge in [0.25, 0.3) is 0 Å². The van der Waals surface area contributed by atoms with Gasteiger partial charge in [-0.3, -0.25) is 4.68 Å². The maximum Gasteiger partial charge on any atom is 0.435 e. The molecule has 1 N–H and O–H groups in total. The van der Waals surface area contributed by atoms with E-state index in [0.29, 0.717) is 13.2 Å². The summed E-state index contributed by atoms with van der Waals surface area (Å²) >= 11 is 0. The van der Waals surface area contributed by atoms with E-state index in [0.717, 1.165) is 6.42 Å². The van der Waals surface area contributed by atoms with Crippen molar-refractivity contribution in [3.63, 3.8) is 0 Å².